The van der Waals surface area contributed by atoms with Gasteiger partial charge in [-0.3, -0.25) is 9.69 Å². The fourth-order valence-electron chi connectivity index (χ4n) is 3.47. The Bertz CT molecular complexity index is 685. The molecule has 2 aromatic carbocycles. The van der Waals surface area contributed by atoms with E-state index in [1.54, 1.807) is 0 Å². The quantitative estimate of drug-likeness (QED) is 0.768. The summed E-state index contributed by atoms with van der Waals surface area (Å²) < 4.78 is 0. The highest BCUT2D eigenvalue weighted by molar-refractivity contribution is 5.77. The zero-order chi connectivity index (χ0) is 18.2. The zero-order valence-electron chi connectivity index (χ0n) is 15.5. The number of likely N-dealkylation sites (N-methyl/N-ethyl adjacent to an activating group) is 1. The van der Waals surface area contributed by atoms with Gasteiger partial charge in [0, 0.05) is 32.0 Å². The molecule has 3 nitrogen and oxygen atoms in total. The van der Waals surface area contributed by atoms with Crippen LogP contribution in [0.4, 0.5) is 0 Å². The lowest BCUT2D eigenvalue weighted by molar-refractivity contribution is -0.121. The molecule has 2 aromatic rings. The van der Waals surface area contributed by atoms with Gasteiger partial charge in [-0.1, -0.05) is 79.2 Å². The lowest BCUT2D eigenvalue weighted by atomic mass is 9.88. The van der Waals surface area contributed by atoms with Crippen molar-refractivity contribution in [2.24, 2.45) is 0 Å². The van der Waals surface area contributed by atoms with Crippen LogP contribution >= 0.6 is 0 Å². The van der Waals surface area contributed by atoms with E-state index >= 15 is 0 Å². The molecule has 1 N–H and O–H groups in total. The van der Waals surface area contributed by atoms with Gasteiger partial charge in [-0.05, 0) is 24.1 Å². The van der Waals surface area contributed by atoms with Crippen molar-refractivity contribution in [3.63, 3.8) is 0 Å². The molecule has 0 saturated carbocycles. The molecule has 3 rings (SSSR count). The number of nitrogens with zero attached hydrogens (tertiary/aromatic N) is 1. The summed E-state index contributed by atoms with van der Waals surface area (Å²) in [4.78, 5) is 15.0. The molecular formula is C23H28N2O. The largest absolute Gasteiger partial charge is 0.352 e. The van der Waals surface area contributed by atoms with Gasteiger partial charge in [-0.2, -0.15) is 0 Å². The van der Waals surface area contributed by atoms with Crippen LogP contribution in [0, 0.1) is 0 Å². The third-order valence-corrected chi connectivity index (χ3v) is 5.14. The summed E-state index contributed by atoms with van der Waals surface area (Å²) in [5.41, 5.74) is 3.72. The molecule has 0 unspecified atom stereocenters. The molecule has 0 atom stereocenters. The topological polar surface area (TPSA) is 32.3 Å². The highest BCUT2D eigenvalue weighted by Crippen LogP contribution is 2.27. The van der Waals surface area contributed by atoms with Crippen molar-refractivity contribution in [2.75, 3.05) is 26.2 Å². The number of amides is 1. The molecule has 0 spiro atoms. The molecule has 0 bridgehead atoms. The predicted octanol–water partition coefficient (Wildman–Crippen LogP) is 3.98. The van der Waals surface area contributed by atoms with E-state index in [2.05, 4.69) is 47.5 Å². The van der Waals surface area contributed by atoms with E-state index in [9.17, 15) is 4.79 Å². The number of hydrogen-bond acceptors (Lipinski definition) is 2. The van der Waals surface area contributed by atoms with Crippen LogP contribution in [0.5, 0.6) is 0 Å². The van der Waals surface area contributed by atoms with E-state index < -0.39 is 0 Å². The minimum Gasteiger partial charge on any atom is -0.352 e. The monoisotopic (exact) mass is 348 g/mol. The first-order valence-corrected chi connectivity index (χ1v) is 9.53. The standard InChI is InChI=1S/C23H28N2O/c1-2-25-15-13-19(14-16-25)18-24-23(26)17-22(20-9-5-3-6-10-20)21-11-7-4-8-12-21/h3-13,22H,2,14-18H2,1H3,(H,24,26). The molecule has 136 valence electrons. The van der Waals surface area contributed by atoms with Crippen molar-refractivity contribution in [3.8, 4) is 0 Å². The normalized spacial score (nSPS) is 14.9. The fourth-order valence-corrected chi connectivity index (χ4v) is 3.47. The predicted molar refractivity (Wildman–Crippen MR) is 107 cm³/mol. The van der Waals surface area contributed by atoms with Crippen LogP contribution < -0.4 is 5.32 Å². The Morgan fingerprint density at radius 3 is 2.15 bits per heavy atom. The summed E-state index contributed by atoms with van der Waals surface area (Å²) in [6.07, 6.45) is 3.79. The Morgan fingerprint density at radius 1 is 1.04 bits per heavy atom. The van der Waals surface area contributed by atoms with Gasteiger partial charge in [0.15, 0.2) is 0 Å². The third kappa shape index (κ3) is 5.06. The van der Waals surface area contributed by atoms with Gasteiger partial charge >= 0.3 is 0 Å². The van der Waals surface area contributed by atoms with E-state index in [1.807, 2.05) is 36.4 Å². The average Bonchev–Trinajstić information content (AvgIpc) is 2.72. The number of rotatable bonds is 7. The Balaban J connectivity index is 1.62. The number of carbonyl (C=O) groups excluding carboxylic acids is 1. The maximum Gasteiger partial charge on any atom is 0.221 e. The first-order chi connectivity index (χ1) is 12.8. The van der Waals surface area contributed by atoms with E-state index in [1.165, 1.54) is 16.7 Å². The van der Waals surface area contributed by atoms with E-state index in [-0.39, 0.29) is 11.8 Å². The molecule has 0 radical (unpaired) electrons. The number of benzene rings is 2. The van der Waals surface area contributed by atoms with Crippen molar-refractivity contribution < 1.29 is 4.79 Å². The van der Waals surface area contributed by atoms with Gasteiger partial charge < -0.3 is 5.32 Å². The van der Waals surface area contributed by atoms with Crippen molar-refractivity contribution in [3.05, 3.63) is 83.4 Å². The molecule has 3 heteroatoms. The Labute approximate surface area is 156 Å². The Hall–Kier alpha value is -2.39. The molecule has 1 aliphatic heterocycles. The van der Waals surface area contributed by atoms with Gasteiger partial charge in [-0.15, -0.1) is 0 Å². The summed E-state index contributed by atoms with van der Waals surface area (Å²) in [6, 6.07) is 20.6. The first kappa shape index (κ1) is 18.4. The number of nitrogens with one attached hydrogen (secondary N) is 1. The number of carbonyl (C=O) groups is 1. The molecule has 1 aliphatic rings. The average molecular weight is 348 g/mol. The van der Waals surface area contributed by atoms with Gasteiger partial charge in [0.1, 0.15) is 0 Å². The summed E-state index contributed by atoms with van der Waals surface area (Å²) >= 11 is 0. The maximum atomic E-state index is 12.6. The number of hydrogen-bond donors (Lipinski definition) is 1. The molecular weight excluding hydrogens is 320 g/mol. The van der Waals surface area contributed by atoms with Crippen molar-refractivity contribution in [2.45, 2.75) is 25.7 Å². The zero-order valence-corrected chi connectivity index (χ0v) is 15.5. The van der Waals surface area contributed by atoms with E-state index in [4.69, 9.17) is 0 Å². The van der Waals surface area contributed by atoms with Crippen molar-refractivity contribution >= 4 is 5.91 Å². The molecule has 0 aliphatic carbocycles. The molecule has 1 amide bonds. The van der Waals surface area contributed by atoms with Gasteiger partial charge in [0.25, 0.3) is 0 Å². The van der Waals surface area contributed by atoms with Gasteiger partial charge in [-0.25, -0.2) is 0 Å². The lowest BCUT2D eigenvalue weighted by Gasteiger charge is -2.25. The fraction of sp³-hybridized carbons (Fsp3) is 0.348. The van der Waals surface area contributed by atoms with Crippen LogP contribution in [0.25, 0.3) is 0 Å². The summed E-state index contributed by atoms with van der Waals surface area (Å²) in [6.45, 7) is 6.04. The van der Waals surface area contributed by atoms with Crippen molar-refractivity contribution in [1.29, 1.82) is 0 Å². The highest BCUT2D eigenvalue weighted by Gasteiger charge is 2.18. The SMILES string of the molecule is CCN1CC=C(CNC(=O)CC(c2ccccc2)c2ccccc2)CC1. The second-order valence-corrected chi connectivity index (χ2v) is 6.86. The highest BCUT2D eigenvalue weighted by atomic mass is 16.1. The van der Waals surface area contributed by atoms with E-state index in [0.29, 0.717) is 13.0 Å². The van der Waals surface area contributed by atoms with Crippen LogP contribution in [0.15, 0.2) is 72.3 Å². The van der Waals surface area contributed by atoms with Crippen molar-refractivity contribution in [1.82, 2.24) is 10.2 Å². The van der Waals surface area contributed by atoms with Gasteiger partial charge in [0.2, 0.25) is 5.91 Å². The second-order valence-electron chi connectivity index (χ2n) is 6.86. The van der Waals surface area contributed by atoms with Crippen LogP contribution in [0.3, 0.4) is 0 Å². The van der Waals surface area contributed by atoms with Crippen LogP contribution in [0.2, 0.25) is 0 Å². The summed E-state index contributed by atoms with van der Waals surface area (Å²) in [5.74, 6) is 0.204. The molecule has 1 heterocycles. The van der Waals surface area contributed by atoms with Crippen LogP contribution in [0.1, 0.15) is 36.8 Å². The second kappa shape index (κ2) is 9.35. The van der Waals surface area contributed by atoms with Crippen LogP contribution in [-0.4, -0.2) is 37.0 Å². The summed E-state index contributed by atoms with van der Waals surface area (Å²) in [7, 11) is 0. The lowest BCUT2D eigenvalue weighted by Crippen LogP contribution is -2.33. The minimum absolute atomic E-state index is 0.0910. The Kier molecular flexibility index (Phi) is 6.62. The third-order valence-electron chi connectivity index (χ3n) is 5.14. The van der Waals surface area contributed by atoms with E-state index in [0.717, 1.165) is 26.1 Å². The van der Waals surface area contributed by atoms with Crippen LogP contribution in [-0.2, 0) is 4.79 Å². The smallest absolute Gasteiger partial charge is 0.221 e. The molecule has 0 fully saturated rings. The summed E-state index contributed by atoms with van der Waals surface area (Å²) in [5, 5.41) is 3.13. The first-order valence-electron chi connectivity index (χ1n) is 9.53. The molecule has 0 saturated heterocycles. The Morgan fingerprint density at radius 2 is 1.65 bits per heavy atom. The maximum absolute atomic E-state index is 12.6. The molecule has 0 aromatic heterocycles. The molecule has 26 heavy (non-hydrogen) atoms. The minimum atomic E-state index is 0.0910. The van der Waals surface area contributed by atoms with Gasteiger partial charge in [0.05, 0.1) is 0 Å².